The van der Waals surface area contributed by atoms with Gasteiger partial charge in [0.1, 0.15) is 0 Å². The zero-order valence-corrected chi connectivity index (χ0v) is 9.14. The van der Waals surface area contributed by atoms with Gasteiger partial charge in [-0.3, -0.25) is 4.79 Å². The predicted octanol–water partition coefficient (Wildman–Crippen LogP) is 3.12. The van der Waals surface area contributed by atoms with E-state index in [0.29, 0.717) is 5.92 Å². The molecule has 1 nitrogen and oxygen atoms in total. The van der Waals surface area contributed by atoms with Crippen molar-refractivity contribution in [2.75, 3.05) is 0 Å². The quantitative estimate of drug-likeness (QED) is 0.564. The molecule has 0 N–H and O–H groups in total. The van der Waals surface area contributed by atoms with E-state index in [0.717, 1.165) is 5.57 Å². The Morgan fingerprint density at radius 3 is 2.23 bits per heavy atom. The van der Waals surface area contributed by atoms with Crippen molar-refractivity contribution in [1.29, 1.82) is 0 Å². The maximum Gasteiger partial charge on any atom is 0.182 e. The lowest BCUT2D eigenvalue weighted by atomic mass is 9.81. The van der Waals surface area contributed by atoms with Crippen LogP contribution in [0.25, 0.3) is 0 Å². The first-order valence-corrected chi connectivity index (χ1v) is 4.81. The smallest absolute Gasteiger partial charge is 0.182 e. The van der Waals surface area contributed by atoms with Gasteiger partial charge in [-0.2, -0.15) is 0 Å². The van der Waals surface area contributed by atoms with E-state index in [2.05, 4.69) is 33.8 Å². The van der Waals surface area contributed by atoms with Crippen LogP contribution in [0.2, 0.25) is 0 Å². The number of carbonyl (C=O) groups is 1. The average Bonchev–Trinajstić information content (AvgIpc) is 2.13. The molecule has 0 saturated heterocycles. The Morgan fingerprint density at radius 2 is 1.92 bits per heavy atom. The van der Waals surface area contributed by atoms with Crippen LogP contribution in [0.1, 0.15) is 34.6 Å². The molecule has 0 aliphatic heterocycles. The SMILES string of the molecule is CC1=CC(=O)C(=CC(C)C)C1(C)C. The van der Waals surface area contributed by atoms with E-state index in [1.165, 1.54) is 5.57 Å². The molecule has 1 aliphatic carbocycles. The molecule has 0 aromatic carbocycles. The molecule has 0 spiro atoms. The van der Waals surface area contributed by atoms with E-state index in [1.807, 2.05) is 6.92 Å². The first-order chi connectivity index (χ1) is 5.85. The van der Waals surface area contributed by atoms with Gasteiger partial charge >= 0.3 is 0 Å². The third-order valence-corrected chi connectivity index (χ3v) is 2.77. The lowest BCUT2D eigenvalue weighted by Gasteiger charge is -2.22. The summed E-state index contributed by atoms with van der Waals surface area (Å²) >= 11 is 0. The van der Waals surface area contributed by atoms with Gasteiger partial charge in [-0.25, -0.2) is 0 Å². The molecular weight excluding hydrogens is 160 g/mol. The van der Waals surface area contributed by atoms with Gasteiger partial charge in [-0.05, 0) is 18.9 Å². The van der Waals surface area contributed by atoms with Crippen LogP contribution < -0.4 is 0 Å². The summed E-state index contributed by atoms with van der Waals surface area (Å²) in [5.41, 5.74) is 2.07. The Bertz CT molecular complexity index is 290. The van der Waals surface area contributed by atoms with Crippen LogP contribution in [0.4, 0.5) is 0 Å². The molecule has 1 aliphatic rings. The van der Waals surface area contributed by atoms with Crippen LogP contribution in [0.15, 0.2) is 23.3 Å². The highest BCUT2D eigenvalue weighted by atomic mass is 16.1. The van der Waals surface area contributed by atoms with E-state index in [9.17, 15) is 4.79 Å². The Balaban J connectivity index is 3.09. The van der Waals surface area contributed by atoms with Crippen LogP contribution in [-0.4, -0.2) is 5.78 Å². The topological polar surface area (TPSA) is 17.1 Å². The molecule has 0 heterocycles. The normalized spacial score (nSPS) is 24.3. The summed E-state index contributed by atoms with van der Waals surface area (Å²) in [4.78, 5) is 11.6. The number of hydrogen-bond donors (Lipinski definition) is 0. The third-order valence-electron chi connectivity index (χ3n) is 2.77. The average molecular weight is 178 g/mol. The van der Waals surface area contributed by atoms with Gasteiger partial charge in [0.2, 0.25) is 0 Å². The minimum atomic E-state index is -0.0542. The second-order valence-electron chi connectivity index (χ2n) is 4.64. The monoisotopic (exact) mass is 178 g/mol. The van der Waals surface area contributed by atoms with Gasteiger partial charge < -0.3 is 0 Å². The second kappa shape index (κ2) is 3.13. The molecule has 13 heavy (non-hydrogen) atoms. The number of ketones is 1. The van der Waals surface area contributed by atoms with Crippen molar-refractivity contribution >= 4 is 5.78 Å². The van der Waals surface area contributed by atoms with Gasteiger partial charge in [-0.1, -0.05) is 39.3 Å². The van der Waals surface area contributed by atoms with Crippen LogP contribution >= 0.6 is 0 Å². The lowest BCUT2D eigenvalue weighted by molar-refractivity contribution is -0.111. The van der Waals surface area contributed by atoms with Crippen LogP contribution in [0.5, 0.6) is 0 Å². The van der Waals surface area contributed by atoms with Crippen LogP contribution in [0.3, 0.4) is 0 Å². The number of rotatable bonds is 1. The maximum absolute atomic E-state index is 11.6. The van der Waals surface area contributed by atoms with Gasteiger partial charge in [0, 0.05) is 11.0 Å². The summed E-state index contributed by atoms with van der Waals surface area (Å²) in [5.74, 6) is 0.633. The van der Waals surface area contributed by atoms with Crippen molar-refractivity contribution in [2.24, 2.45) is 11.3 Å². The van der Waals surface area contributed by atoms with E-state index in [4.69, 9.17) is 0 Å². The third kappa shape index (κ3) is 1.74. The number of carbonyl (C=O) groups excluding carboxylic acids is 1. The molecule has 0 bridgehead atoms. The molecule has 0 radical (unpaired) electrons. The van der Waals surface area contributed by atoms with Crippen molar-refractivity contribution < 1.29 is 4.79 Å². The Hall–Kier alpha value is -0.850. The largest absolute Gasteiger partial charge is 0.290 e. The molecule has 0 atom stereocenters. The van der Waals surface area contributed by atoms with E-state index in [-0.39, 0.29) is 11.2 Å². The fourth-order valence-electron chi connectivity index (χ4n) is 1.60. The Morgan fingerprint density at radius 1 is 1.38 bits per heavy atom. The van der Waals surface area contributed by atoms with Crippen molar-refractivity contribution in [1.82, 2.24) is 0 Å². The highest BCUT2D eigenvalue weighted by molar-refractivity contribution is 6.09. The summed E-state index contributed by atoms with van der Waals surface area (Å²) in [6, 6.07) is 0. The number of allylic oxidation sites excluding steroid dienone is 4. The molecule has 0 fully saturated rings. The molecule has 0 saturated carbocycles. The molecular formula is C12H18O. The van der Waals surface area contributed by atoms with Gasteiger partial charge in [0.05, 0.1) is 0 Å². The molecule has 0 amide bonds. The summed E-state index contributed by atoms with van der Waals surface area (Å²) < 4.78 is 0. The highest BCUT2D eigenvalue weighted by Gasteiger charge is 2.34. The van der Waals surface area contributed by atoms with Gasteiger partial charge in [-0.15, -0.1) is 0 Å². The molecule has 0 unspecified atom stereocenters. The van der Waals surface area contributed by atoms with Gasteiger partial charge in [0.15, 0.2) is 5.78 Å². The fourth-order valence-corrected chi connectivity index (χ4v) is 1.60. The van der Waals surface area contributed by atoms with Gasteiger partial charge in [0.25, 0.3) is 0 Å². The molecule has 72 valence electrons. The number of hydrogen-bond acceptors (Lipinski definition) is 1. The Labute approximate surface area is 80.5 Å². The zero-order valence-electron chi connectivity index (χ0n) is 9.14. The zero-order chi connectivity index (χ0) is 10.2. The predicted molar refractivity (Wildman–Crippen MR) is 55.5 cm³/mol. The highest BCUT2D eigenvalue weighted by Crippen LogP contribution is 2.40. The minimum Gasteiger partial charge on any atom is -0.290 e. The molecule has 1 heteroatoms. The lowest BCUT2D eigenvalue weighted by Crippen LogP contribution is -2.15. The summed E-state index contributed by atoms with van der Waals surface area (Å²) in [6.45, 7) is 10.4. The molecule has 0 aromatic heterocycles. The second-order valence-corrected chi connectivity index (χ2v) is 4.64. The van der Waals surface area contributed by atoms with E-state index < -0.39 is 0 Å². The van der Waals surface area contributed by atoms with Crippen LogP contribution in [0, 0.1) is 11.3 Å². The van der Waals surface area contributed by atoms with Crippen molar-refractivity contribution in [3.8, 4) is 0 Å². The summed E-state index contributed by atoms with van der Waals surface area (Å²) in [7, 11) is 0. The Kier molecular flexibility index (Phi) is 2.47. The van der Waals surface area contributed by atoms with Crippen LogP contribution in [-0.2, 0) is 4.79 Å². The van der Waals surface area contributed by atoms with Crippen molar-refractivity contribution in [2.45, 2.75) is 34.6 Å². The maximum atomic E-state index is 11.6. The molecule has 0 aromatic rings. The summed E-state index contributed by atoms with van der Waals surface area (Å²) in [6.07, 6.45) is 3.84. The standard InChI is InChI=1S/C12H18O/c1-8(2)6-10-11(13)7-9(3)12(10,4)5/h6-8H,1-5H3. The van der Waals surface area contributed by atoms with Crippen molar-refractivity contribution in [3.63, 3.8) is 0 Å². The van der Waals surface area contributed by atoms with E-state index in [1.54, 1.807) is 6.08 Å². The minimum absolute atomic E-state index is 0.0542. The van der Waals surface area contributed by atoms with E-state index >= 15 is 0 Å². The summed E-state index contributed by atoms with van der Waals surface area (Å²) in [5, 5.41) is 0. The first-order valence-electron chi connectivity index (χ1n) is 4.81. The van der Waals surface area contributed by atoms with Crippen molar-refractivity contribution in [3.05, 3.63) is 23.3 Å². The molecule has 1 rings (SSSR count). The first kappa shape index (κ1) is 10.2. The fraction of sp³-hybridized carbons (Fsp3) is 0.583.